The van der Waals surface area contributed by atoms with Crippen molar-refractivity contribution < 1.29 is 9.59 Å². The normalized spacial score (nSPS) is 17.9. The molecule has 2 aromatic heterocycles. The van der Waals surface area contributed by atoms with Gasteiger partial charge in [-0.25, -0.2) is 4.52 Å². The Balaban J connectivity index is 1.58. The lowest BCUT2D eigenvalue weighted by Crippen LogP contribution is -2.43. The largest absolute Gasteiger partial charge is 0.336 e. The Kier molecular flexibility index (Phi) is 4.90. The van der Waals surface area contributed by atoms with Crippen LogP contribution in [0.15, 0.2) is 48.9 Å². The molecular weight excluding hydrogens is 354 g/mol. The van der Waals surface area contributed by atoms with Crippen molar-refractivity contribution in [3.63, 3.8) is 0 Å². The molecule has 1 unspecified atom stereocenters. The third-order valence-corrected chi connectivity index (χ3v) is 5.51. The van der Waals surface area contributed by atoms with E-state index in [0.29, 0.717) is 31.6 Å². The van der Waals surface area contributed by atoms with Crippen molar-refractivity contribution in [3.8, 4) is 0 Å². The standard InChI is InChI=1S/C21H25N5O2/c1-3-17-15-24(21(28)18-13-22-26-12-11-23(2)20(18)26)10-9-19(27)25(17)14-16-7-5-4-6-8-16/h4-8,11-13,17H,3,9-10,14-15H2,1-2H3. The minimum absolute atomic E-state index is 0.00127. The van der Waals surface area contributed by atoms with E-state index in [1.807, 2.05) is 59.2 Å². The average molecular weight is 379 g/mol. The predicted octanol–water partition coefficient (Wildman–Crippen LogP) is 2.33. The molecule has 1 aliphatic heterocycles. The van der Waals surface area contributed by atoms with Crippen LogP contribution in [-0.2, 0) is 18.4 Å². The number of nitrogens with zero attached hydrogens (tertiary/aromatic N) is 5. The molecule has 1 fully saturated rings. The highest BCUT2D eigenvalue weighted by Crippen LogP contribution is 2.21. The number of hydrogen-bond donors (Lipinski definition) is 0. The van der Waals surface area contributed by atoms with E-state index in [2.05, 4.69) is 12.0 Å². The van der Waals surface area contributed by atoms with E-state index in [9.17, 15) is 9.59 Å². The summed E-state index contributed by atoms with van der Waals surface area (Å²) in [6.45, 7) is 3.62. The van der Waals surface area contributed by atoms with Gasteiger partial charge in [-0.15, -0.1) is 0 Å². The Morgan fingerprint density at radius 1 is 1.21 bits per heavy atom. The van der Waals surface area contributed by atoms with E-state index in [1.165, 1.54) is 0 Å². The molecule has 0 aliphatic carbocycles. The van der Waals surface area contributed by atoms with Crippen LogP contribution in [0, 0.1) is 0 Å². The minimum Gasteiger partial charge on any atom is -0.336 e. The molecule has 0 N–H and O–H groups in total. The highest BCUT2D eigenvalue weighted by molar-refractivity contribution is 6.00. The minimum atomic E-state index is -0.0652. The van der Waals surface area contributed by atoms with Crippen molar-refractivity contribution in [2.24, 2.45) is 7.05 Å². The van der Waals surface area contributed by atoms with Crippen LogP contribution in [-0.4, -0.2) is 54.9 Å². The van der Waals surface area contributed by atoms with Crippen LogP contribution < -0.4 is 0 Å². The fourth-order valence-electron chi connectivity index (χ4n) is 3.92. The Labute approximate surface area is 164 Å². The molecule has 0 saturated carbocycles. The van der Waals surface area contributed by atoms with Crippen molar-refractivity contribution in [2.75, 3.05) is 13.1 Å². The summed E-state index contributed by atoms with van der Waals surface area (Å²) in [6.07, 6.45) is 6.46. The smallest absolute Gasteiger partial charge is 0.259 e. The van der Waals surface area contributed by atoms with Gasteiger partial charge < -0.3 is 14.4 Å². The van der Waals surface area contributed by atoms with Gasteiger partial charge in [-0.1, -0.05) is 37.3 Å². The first kappa shape index (κ1) is 18.3. The maximum Gasteiger partial charge on any atom is 0.259 e. The summed E-state index contributed by atoms with van der Waals surface area (Å²) in [5.41, 5.74) is 2.46. The van der Waals surface area contributed by atoms with E-state index in [-0.39, 0.29) is 17.9 Å². The van der Waals surface area contributed by atoms with Gasteiger partial charge in [0.25, 0.3) is 5.91 Å². The van der Waals surface area contributed by atoms with Gasteiger partial charge in [-0.05, 0) is 12.0 Å². The number of aryl methyl sites for hydroxylation is 1. The van der Waals surface area contributed by atoms with Crippen LogP contribution >= 0.6 is 0 Å². The third kappa shape index (κ3) is 3.28. The molecular formula is C21H25N5O2. The molecule has 1 saturated heterocycles. The number of hydrogen-bond acceptors (Lipinski definition) is 3. The first-order chi connectivity index (χ1) is 13.6. The zero-order valence-corrected chi connectivity index (χ0v) is 16.3. The number of carbonyl (C=O) groups excluding carboxylic acids is 2. The van der Waals surface area contributed by atoms with E-state index in [0.717, 1.165) is 17.6 Å². The van der Waals surface area contributed by atoms with E-state index < -0.39 is 0 Å². The SMILES string of the molecule is CCC1CN(C(=O)c2cnn3ccn(C)c23)CCC(=O)N1Cc1ccccc1. The summed E-state index contributed by atoms with van der Waals surface area (Å²) in [5.74, 6) is 0.0367. The molecule has 4 rings (SSSR count). The summed E-state index contributed by atoms with van der Waals surface area (Å²) in [5, 5.41) is 4.27. The maximum absolute atomic E-state index is 13.2. The monoisotopic (exact) mass is 379 g/mol. The lowest BCUT2D eigenvalue weighted by atomic mass is 10.1. The molecule has 7 heteroatoms. The van der Waals surface area contributed by atoms with Crippen molar-refractivity contribution in [1.82, 2.24) is 24.0 Å². The highest BCUT2D eigenvalue weighted by Gasteiger charge is 2.32. The molecule has 7 nitrogen and oxygen atoms in total. The van der Waals surface area contributed by atoms with Gasteiger partial charge in [0.2, 0.25) is 5.91 Å². The molecule has 3 aromatic rings. The summed E-state index contributed by atoms with van der Waals surface area (Å²) in [6, 6.07) is 10.0. The Hall–Kier alpha value is -3.09. The van der Waals surface area contributed by atoms with Crippen LogP contribution in [0.1, 0.15) is 35.7 Å². The highest BCUT2D eigenvalue weighted by atomic mass is 16.2. The molecule has 0 spiro atoms. The van der Waals surface area contributed by atoms with Gasteiger partial charge in [-0.3, -0.25) is 9.59 Å². The van der Waals surface area contributed by atoms with Gasteiger partial charge in [0.15, 0.2) is 0 Å². The quantitative estimate of drug-likeness (QED) is 0.699. The Bertz CT molecular complexity index is 991. The number of rotatable bonds is 4. The first-order valence-electron chi connectivity index (χ1n) is 9.69. The molecule has 28 heavy (non-hydrogen) atoms. The van der Waals surface area contributed by atoms with Crippen LogP contribution in [0.25, 0.3) is 5.65 Å². The van der Waals surface area contributed by atoms with Gasteiger partial charge in [0.05, 0.1) is 6.20 Å². The lowest BCUT2D eigenvalue weighted by Gasteiger charge is -2.31. The zero-order valence-electron chi connectivity index (χ0n) is 16.3. The second-order valence-corrected chi connectivity index (χ2v) is 7.31. The summed E-state index contributed by atoms with van der Waals surface area (Å²) >= 11 is 0. The van der Waals surface area contributed by atoms with Crippen LogP contribution in [0.3, 0.4) is 0 Å². The number of fused-ring (bicyclic) bond motifs is 1. The Morgan fingerprint density at radius 2 is 2.00 bits per heavy atom. The average Bonchev–Trinajstić information content (AvgIpc) is 3.25. The molecule has 1 aliphatic rings. The zero-order chi connectivity index (χ0) is 19.7. The summed E-state index contributed by atoms with van der Waals surface area (Å²) in [4.78, 5) is 29.8. The summed E-state index contributed by atoms with van der Waals surface area (Å²) < 4.78 is 3.59. The van der Waals surface area contributed by atoms with Crippen LogP contribution in [0.5, 0.6) is 0 Å². The molecule has 2 amide bonds. The van der Waals surface area contributed by atoms with Gasteiger partial charge in [0, 0.05) is 51.5 Å². The van der Waals surface area contributed by atoms with E-state index in [4.69, 9.17) is 0 Å². The number of carbonyl (C=O) groups is 2. The molecule has 3 heterocycles. The van der Waals surface area contributed by atoms with Crippen molar-refractivity contribution in [1.29, 1.82) is 0 Å². The second kappa shape index (κ2) is 7.50. The maximum atomic E-state index is 13.2. The molecule has 0 radical (unpaired) electrons. The van der Waals surface area contributed by atoms with Crippen molar-refractivity contribution >= 4 is 17.5 Å². The predicted molar refractivity (Wildman–Crippen MR) is 106 cm³/mol. The number of amides is 2. The lowest BCUT2D eigenvalue weighted by molar-refractivity contribution is -0.133. The number of aromatic nitrogens is 3. The molecule has 1 aromatic carbocycles. The van der Waals surface area contributed by atoms with Crippen molar-refractivity contribution in [2.45, 2.75) is 32.4 Å². The van der Waals surface area contributed by atoms with Gasteiger partial charge in [-0.2, -0.15) is 5.10 Å². The molecule has 1 atom stereocenters. The number of benzene rings is 1. The van der Waals surface area contributed by atoms with Gasteiger partial charge >= 0.3 is 0 Å². The third-order valence-electron chi connectivity index (χ3n) is 5.51. The molecule has 0 bridgehead atoms. The number of imidazole rings is 1. The fourth-order valence-corrected chi connectivity index (χ4v) is 3.92. The first-order valence-corrected chi connectivity index (χ1v) is 9.69. The van der Waals surface area contributed by atoms with E-state index in [1.54, 1.807) is 15.6 Å². The summed E-state index contributed by atoms with van der Waals surface area (Å²) in [7, 11) is 1.90. The van der Waals surface area contributed by atoms with Crippen LogP contribution in [0.2, 0.25) is 0 Å². The second-order valence-electron chi connectivity index (χ2n) is 7.31. The Morgan fingerprint density at radius 3 is 2.75 bits per heavy atom. The van der Waals surface area contributed by atoms with Crippen molar-refractivity contribution in [3.05, 3.63) is 60.0 Å². The van der Waals surface area contributed by atoms with Gasteiger partial charge in [0.1, 0.15) is 11.2 Å². The van der Waals surface area contributed by atoms with E-state index >= 15 is 0 Å². The van der Waals surface area contributed by atoms with Crippen LogP contribution in [0.4, 0.5) is 0 Å². The topological polar surface area (TPSA) is 62.9 Å². The molecule has 146 valence electrons. The fraction of sp³-hybridized carbons (Fsp3) is 0.381.